The van der Waals surface area contributed by atoms with E-state index in [9.17, 15) is 0 Å². The maximum absolute atomic E-state index is 4.89. The van der Waals surface area contributed by atoms with Crippen LogP contribution in [0.1, 0.15) is 16.7 Å². The highest BCUT2D eigenvalue weighted by molar-refractivity contribution is 5.75. The maximum atomic E-state index is 4.89. The molecule has 0 aliphatic rings. The van der Waals surface area contributed by atoms with Crippen LogP contribution in [0.15, 0.2) is 66.7 Å². The highest BCUT2D eigenvalue weighted by Gasteiger charge is 2.17. The molecule has 134 valence electrons. The first-order chi connectivity index (χ1) is 13.0. The summed E-state index contributed by atoms with van der Waals surface area (Å²) >= 11 is 0. The molecular weight excluding hydrogens is 330 g/mol. The number of benzene rings is 3. The largest absolute Gasteiger partial charge is 0.248 e. The Morgan fingerprint density at radius 2 is 1.33 bits per heavy atom. The van der Waals surface area contributed by atoms with Crippen LogP contribution in [0.3, 0.4) is 0 Å². The number of rotatable bonds is 3. The van der Waals surface area contributed by atoms with Crippen LogP contribution in [0.5, 0.6) is 0 Å². The molecule has 0 spiro atoms. The summed E-state index contributed by atoms with van der Waals surface area (Å²) in [5.74, 6) is 1.68. The summed E-state index contributed by atoms with van der Waals surface area (Å²) in [7, 11) is 1.97. The summed E-state index contributed by atoms with van der Waals surface area (Å²) in [6.07, 6.45) is 0. The number of hydrogen-bond acceptors (Lipinski definition) is 2. The van der Waals surface area contributed by atoms with E-state index in [2.05, 4.69) is 74.4 Å². The molecule has 4 rings (SSSR count). The Morgan fingerprint density at radius 1 is 0.704 bits per heavy atom. The summed E-state index contributed by atoms with van der Waals surface area (Å²) < 4.78 is 1.89. The Kier molecular flexibility index (Phi) is 4.36. The third-order valence-electron chi connectivity index (χ3n) is 5.01. The van der Waals surface area contributed by atoms with E-state index in [0.29, 0.717) is 0 Å². The van der Waals surface area contributed by atoms with Gasteiger partial charge in [0.2, 0.25) is 0 Å². The minimum atomic E-state index is 0.775. The molecule has 1 aromatic heterocycles. The predicted octanol–water partition coefficient (Wildman–Crippen LogP) is 5.74. The van der Waals surface area contributed by atoms with Gasteiger partial charge in [-0.15, -0.1) is 0 Å². The van der Waals surface area contributed by atoms with E-state index in [1.54, 1.807) is 0 Å². The van der Waals surface area contributed by atoms with Gasteiger partial charge in [0.25, 0.3) is 0 Å². The van der Waals surface area contributed by atoms with Gasteiger partial charge in [-0.3, -0.25) is 0 Å². The monoisotopic (exact) mass is 353 g/mol. The zero-order valence-corrected chi connectivity index (χ0v) is 16.2. The van der Waals surface area contributed by atoms with Crippen LogP contribution in [-0.2, 0) is 7.05 Å². The standard InChI is InChI=1S/C24H23N3/c1-16-10-8-9-13-21(16)23-25-24(27(4)26-23)22-17(2)14-20(15-18(22)3)19-11-6-5-7-12-19/h5-15H,1-4H3. The highest BCUT2D eigenvalue weighted by atomic mass is 15.3. The zero-order valence-electron chi connectivity index (χ0n) is 16.2. The van der Waals surface area contributed by atoms with Gasteiger partial charge < -0.3 is 0 Å². The van der Waals surface area contributed by atoms with Gasteiger partial charge in [0.15, 0.2) is 11.6 Å². The van der Waals surface area contributed by atoms with Crippen LogP contribution in [0, 0.1) is 20.8 Å². The maximum Gasteiger partial charge on any atom is 0.182 e. The lowest BCUT2D eigenvalue weighted by atomic mass is 9.95. The van der Waals surface area contributed by atoms with Gasteiger partial charge in [0, 0.05) is 18.2 Å². The fraction of sp³-hybridized carbons (Fsp3) is 0.167. The molecule has 0 unspecified atom stereocenters. The van der Waals surface area contributed by atoms with E-state index in [-0.39, 0.29) is 0 Å². The summed E-state index contributed by atoms with van der Waals surface area (Å²) in [5, 5.41) is 4.69. The van der Waals surface area contributed by atoms with Crippen LogP contribution in [0.25, 0.3) is 33.9 Å². The van der Waals surface area contributed by atoms with Gasteiger partial charge in [0.1, 0.15) is 0 Å². The van der Waals surface area contributed by atoms with E-state index in [1.807, 2.05) is 29.9 Å². The van der Waals surface area contributed by atoms with Gasteiger partial charge in [0.05, 0.1) is 0 Å². The molecule has 1 heterocycles. The van der Waals surface area contributed by atoms with Gasteiger partial charge in [-0.05, 0) is 48.6 Å². The lowest BCUT2D eigenvalue weighted by Gasteiger charge is -2.12. The lowest BCUT2D eigenvalue weighted by Crippen LogP contribution is -1.99. The molecule has 0 fully saturated rings. The molecule has 4 aromatic rings. The molecule has 0 amide bonds. The molecule has 3 aromatic carbocycles. The summed E-state index contributed by atoms with van der Waals surface area (Å²) in [6.45, 7) is 6.39. The number of aryl methyl sites for hydroxylation is 4. The molecule has 3 nitrogen and oxygen atoms in total. The van der Waals surface area contributed by atoms with Gasteiger partial charge >= 0.3 is 0 Å². The van der Waals surface area contributed by atoms with Crippen LogP contribution < -0.4 is 0 Å². The fourth-order valence-electron chi connectivity index (χ4n) is 3.65. The number of nitrogens with zero attached hydrogens (tertiary/aromatic N) is 3. The molecule has 0 aliphatic heterocycles. The molecule has 0 atom stereocenters. The quantitative estimate of drug-likeness (QED) is 0.470. The van der Waals surface area contributed by atoms with Crippen molar-refractivity contribution in [3.63, 3.8) is 0 Å². The molecule has 27 heavy (non-hydrogen) atoms. The van der Waals surface area contributed by atoms with Gasteiger partial charge in [-0.2, -0.15) is 5.10 Å². The second-order valence-corrected chi connectivity index (χ2v) is 7.05. The van der Waals surface area contributed by atoms with Gasteiger partial charge in [-0.1, -0.05) is 66.7 Å². The fourth-order valence-corrected chi connectivity index (χ4v) is 3.65. The molecule has 3 heteroatoms. The first-order valence-corrected chi connectivity index (χ1v) is 9.18. The van der Waals surface area contributed by atoms with Crippen LogP contribution in [0.4, 0.5) is 0 Å². The van der Waals surface area contributed by atoms with Gasteiger partial charge in [-0.25, -0.2) is 9.67 Å². The number of hydrogen-bond donors (Lipinski definition) is 0. The van der Waals surface area contributed by atoms with E-state index < -0.39 is 0 Å². The van der Waals surface area contributed by atoms with Crippen molar-refractivity contribution in [1.29, 1.82) is 0 Å². The van der Waals surface area contributed by atoms with E-state index >= 15 is 0 Å². The normalized spacial score (nSPS) is 11.0. The highest BCUT2D eigenvalue weighted by Crippen LogP contribution is 2.32. The van der Waals surface area contributed by atoms with Crippen LogP contribution in [-0.4, -0.2) is 14.8 Å². The third-order valence-corrected chi connectivity index (χ3v) is 5.01. The Hall–Kier alpha value is -3.20. The summed E-state index contributed by atoms with van der Waals surface area (Å²) in [4.78, 5) is 4.89. The molecule has 0 saturated heterocycles. The lowest BCUT2D eigenvalue weighted by molar-refractivity contribution is 0.776. The van der Waals surface area contributed by atoms with Crippen LogP contribution >= 0.6 is 0 Å². The SMILES string of the molecule is Cc1ccccc1-c1nc(-c2c(C)cc(-c3ccccc3)cc2C)n(C)n1. The second kappa shape index (κ2) is 6.84. The Labute approximate surface area is 160 Å². The minimum absolute atomic E-state index is 0.775. The third kappa shape index (κ3) is 3.17. The van der Waals surface area contributed by atoms with Crippen molar-refractivity contribution in [1.82, 2.24) is 14.8 Å². The molecule has 0 radical (unpaired) electrons. The second-order valence-electron chi connectivity index (χ2n) is 7.05. The van der Waals surface area contributed by atoms with Crippen LogP contribution in [0.2, 0.25) is 0 Å². The smallest absolute Gasteiger partial charge is 0.182 e. The van der Waals surface area contributed by atoms with E-state index in [0.717, 1.165) is 22.8 Å². The summed E-state index contributed by atoms with van der Waals surface area (Å²) in [5.41, 5.74) is 8.30. The Bertz CT molecular complexity index is 1080. The average Bonchev–Trinajstić information content (AvgIpc) is 3.03. The number of aromatic nitrogens is 3. The molecule has 0 aliphatic carbocycles. The van der Waals surface area contributed by atoms with Crippen molar-refractivity contribution in [3.05, 3.63) is 83.4 Å². The van der Waals surface area contributed by atoms with Crippen molar-refractivity contribution in [2.75, 3.05) is 0 Å². The summed E-state index contributed by atoms with van der Waals surface area (Å²) in [6, 6.07) is 23.2. The Balaban J connectivity index is 1.82. The zero-order chi connectivity index (χ0) is 19.0. The van der Waals surface area contributed by atoms with E-state index in [4.69, 9.17) is 4.98 Å². The minimum Gasteiger partial charge on any atom is -0.248 e. The van der Waals surface area contributed by atoms with Crippen molar-refractivity contribution in [3.8, 4) is 33.9 Å². The van der Waals surface area contributed by atoms with Crippen molar-refractivity contribution >= 4 is 0 Å². The Morgan fingerprint density at radius 3 is 2.00 bits per heavy atom. The average molecular weight is 353 g/mol. The topological polar surface area (TPSA) is 30.7 Å². The van der Waals surface area contributed by atoms with Crippen molar-refractivity contribution < 1.29 is 0 Å². The first-order valence-electron chi connectivity index (χ1n) is 9.18. The van der Waals surface area contributed by atoms with Crippen molar-refractivity contribution in [2.45, 2.75) is 20.8 Å². The molecule has 0 N–H and O–H groups in total. The molecule has 0 bridgehead atoms. The first kappa shape index (κ1) is 17.2. The van der Waals surface area contributed by atoms with Crippen molar-refractivity contribution in [2.24, 2.45) is 7.05 Å². The predicted molar refractivity (Wildman–Crippen MR) is 112 cm³/mol. The molecule has 0 saturated carbocycles. The van der Waals surface area contributed by atoms with E-state index in [1.165, 1.54) is 27.8 Å². The molecular formula is C24H23N3.